The van der Waals surface area contributed by atoms with Crippen molar-refractivity contribution in [3.8, 4) is 0 Å². The van der Waals surface area contributed by atoms with Crippen LogP contribution < -0.4 is 0 Å². The van der Waals surface area contributed by atoms with Crippen LogP contribution in [0.15, 0.2) is 40.3 Å². The molecule has 4 heteroatoms. The third-order valence-electron chi connectivity index (χ3n) is 2.59. The summed E-state index contributed by atoms with van der Waals surface area (Å²) >= 11 is 7.69. The number of nitrogens with zero attached hydrogens (tertiary/aromatic N) is 2. The van der Waals surface area contributed by atoms with Gasteiger partial charge >= 0.3 is 0 Å². The summed E-state index contributed by atoms with van der Waals surface area (Å²) in [7, 11) is 0. The second-order valence-electron chi connectivity index (χ2n) is 5.52. The molecule has 19 heavy (non-hydrogen) atoms. The van der Waals surface area contributed by atoms with Crippen molar-refractivity contribution in [1.82, 2.24) is 9.97 Å². The van der Waals surface area contributed by atoms with Crippen LogP contribution in [-0.4, -0.2) is 9.97 Å². The van der Waals surface area contributed by atoms with E-state index >= 15 is 0 Å². The van der Waals surface area contributed by atoms with Crippen molar-refractivity contribution in [2.45, 2.75) is 43.0 Å². The number of hydrogen-bond donors (Lipinski definition) is 0. The molecule has 0 saturated carbocycles. The molecule has 0 amide bonds. The van der Waals surface area contributed by atoms with Crippen LogP contribution in [0.1, 0.15) is 32.2 Å². The van der Waals surface area contributed by atoms with Gasteiger partial charge in [0.15, 0.2) is 0 Å². The van der Waals surface area contributed by atoms with Crippen LogP contribution in [0.3, 0.4) is 0 Å². The van der Waals surface area contributed by atoms with Crippen LogP contribution >= 0.6 is 23.4 Å². The minimum absolute atomic E-state index is 0.104. The lowest BCUT2D eigenvalue weighted by molar-refractivity contribution is 0.538. The molecule has 0 bridgehead atoms. The lowest BCUT2D eigenvalue weighted by Gasteiger charge is -2.17. The molecule has 0 saturated heterocycles. The maximum Gasteiger partial charge on any atom is 0.136 e. The third-order valence-corrected chi connectivity index (χ3v) is 3.71. The van der Waals surface area contributed by atoms with Crippen molar-refractivity contribution < 1.29 is 0 Å². The summed E-state index contributed by atoms with van der Waals surface area (Å²) in [6.45, 7) is 8.32. The number of aromatic nitrogens is 2. The second-order valence-corrected chi connectivity index (χ2v) is 7.00. The molecule has 0 aliphatic heterocycles. The highest BCUT2D eigenvalue weighted by atomic mass is 35.5. The molecule has 0 spiro atoms. The molecule has 0 unspecified atom stereocenters. The fourth-order valence-electron chi connectivity index (χ4n) is 1.51. The number of aryl methyl sites for hydroxylation is 1. The topological polar surface area (TPSA) is 25.8 Å². The maximum absolute atomic E-state index is 6.08. The Morgan fingerprint density at radius 1 is 1.05 bits per heavy atom. The average Bonchev–Trinajstić information content (AvgIpc) is 2.30. The molecule has 0 atom stereocenters. The molecule has 100 valence electrons. The standard InChI is InChI=1S/C15H17ClN2S/c1-10-5-7-11(8-6-10)19-13-9-12(16)17-14(18-13)15(2,3)4/h5-9H,1-4H3. The Bertz CT molecular complexity index is 574. The highest BCUT2D eigenvalue weighted by Gasteiger charge is 2.19. The smallest absolute Gasteiger partial charge is 0.136 e. The molecule has 2 aromatic rings. The molecular formula is C15H17ClN2S. The molecule has 0 N–H and O–H groups in total. The highest BCUT2D eigenvalue weighted by molar-refractivity contribution is 7.99. The van der Waals surface area contributed by atoms with E-state index in [1.54, 1.807) is 17.8 Å². The van der Waals surface area contributed by atoms with Gasteiger partial charge in [0.1, 0.15) is 16.0 Å². The van der Waals surface area contributed by atoms with Crippen LogP contribution in [-0.2, 0) is 5.41 Å². The Morgan fingerprint density at radius 3 is 2.26 bits per heavy atom. The molecular weight excluding hydrogens is 276 g/mol. The summed E-state index contributed by atoms with van der Waals surface area (Å²) in [5, 5.41) is 1.38. The van der Waals surface area contributed by atoms with Crippen LogP contribution in [0.25, 0.3) is 0 Å². The van der Waals surface area contributed by atoms with Gasteiger partial charge in [-0.25, -0.2) is 9.97 Å². The normalized spacial score (nSPS) is 11.6. The van der Waals surface area contributed by atoms with Crippen molar-refractivity contribution in [3.05, 3.63) is 46.9 Å². The van der Waals surface area contributed by atoms with Gasteiger partial charge in [-0.15, -0.1) is 0 Å². The quantitative estimate of drug-likeness (QED) is 0.737. The summed E-state index contributed by atoms with van der Waals surface area (Å²) < 4.78 is 0. The molecule has 1 heterocycles. The molecule has 1 aromatic heterocycles. The summed E-state index contributed by atoms with van der Waals surface area (Å²) in [6, 6.07) is 10.2. The third kappa shape index (κ3) is 3.95. The fraction of sp³-hybridized carbons (Fsp3) is 0.333. The largest absolute Gasteiger partial charge is 0.226 e. The summed E-state index contributed by atoms with van der Waals surface area (Å²) in [5.41, 5.74) is 1.15. The van der Waals surface area contributed by atoms with Crippen molar-refractivity contribution in [3.63, 3.8) is 0 Å². The zero-order chi connectivity index (χ0) is 14.0. The Hall–Kier alpha value is -1.06. The van der Waals surface area contributed by atoms with E-state index in [1.165, 1.54) is 5.56 Å². The zero-order valence-electron chi connectivity index (χ0n) is 11.6. The summed E-state index contributed by atoms with van der Waals surface area (Å²) in [4.78, 5) is 10.0. The Kier molecular flexibility index (Phi) is 4.16. The lowest BCUT2D eigenvalue weighted by atomic mass is 9.96. The Labute approximate surface area is 123 Å². The Balaban J connectivity index is 2.30. The van der Waals surface area contributed by atoms with Gasteiger partial charge in [-0.05, 0) is 19.1 Å². The molecule has 2 rings (SSSR count). The van der Waals surface area contributed by atoms with E-state index in [4.69, 9.17) is 11.6 Å². The predicted octanol–water partition coefficient (Wildman–Crippen LogP) is 4.89. The SMILES string of the molecule is Cc1ccc(Sc2cc(Cl)nc(C(C)(C)C)n2)cc1. The van der Waals surface area contributed by atoms with Gasteiger partial charge in [-0.2, -0.15) is 0 Å². The minimum Gasteiger partial charge on any atom is -0.226 e. The van der Waals surface area contributed by atoms with E-state index in [2.05, 4.69) is 61.9 Å². The van der Waals surface area contributed by atoms with Crippen molar-refractivity contribution in [2.75, 3.05) is 0 Å². The highest BCUT2D eigenvalue weighted by Crippen LogP contribution is 2.29. The van der Waals surface area contributed by atoms with Gasteiger partial charge in [0, 0.05) is 16.4 Å². The molecule has 0 radical (unpaired) electrons. The van der Waals surface area contributed by atoms with Crippen LogP contribution in [0.4, 0.5) is 0 Å². The lowest BCUT2D eigenvalue weighted by Crippen LogP contribution is -2.16. The average molecular weight is 293 g/mol. The minimum atomic E-state index is -0.104. The van der Waals surface area contributed by atoms with Gasteiger partial charge in [-0.3, -0.25) is 0 Å². The van der Waals surface area contributed by atoms with E-state index in [1.807, 2.05) is 0 Å². The van der Waals surface area contributed by atoms with E-state index in [0.29, 0.717) is 5.15 Å². The van der Waals surface area contributed by atoms with E-state index < -0.39 is 0 Å². The van der Waals surface area contributed by atoms with Gasteiger partial charge in [0.25, 0.3) is 0 Å². The zero-order valence-corrected chi connectivity index (χ0v) is 13.1. The number of hydrogen-bond acceptors (Lipinski definition) is 3. The number of rotatable bonds is 2. The fourth-order valence-corrected chi connectivity index (χ4v) is 2.58. The number of halogens is 1. The first-order valence-corrected chi connectivity index (χ1v) is 7.33. The van der Waals surface area contributed by atoms with Gasteiger partial charge in [-0.1, -0.05) is 61.8 Å². The van der Waals surface area contributed by atoms with Gasteiger partial charge in [0.05, 0.1) is 0 Å². The first-order valence-electron chi connectivity index (χ1n) is 6.14. The van der Waals surface area contributed by atoms with Crippen LogP contribution in [0, 0.1) is 6.92 Å². The predicted molar refractivity (Wildman–Crippen MR) is 81.0 cm³/mol. The van der Waals surface area contributed by atoms with Gasteiger partial charge < -0.3 is 0 Å². The first-order chi connectivity index (χ1) is 8.84. The summed E-state index contributed by atoms with van der Waals surface area (Å²) in [6.07, 6.45) is 0. The molecule has 0 aliphatic carbocycles. The van der Waals surface area contributed by atoms with Crippen LogP contribution in [0.2, 0.25) is 5.15 Å². The molecule has 1 aromatic carbocycles. The molecule has 2 nitrogen and oxygen atoms in total. The van der Waals surface area contributed by atoms with Crippen molar-refractivity contribution >= 4 is 23.4 Å². The van der Waals surface area contributed by atoms with Crippen molar-refractivity contribution in [2.24, 2.45) is 0 Å². The Morgan fingerprint density at radius 2 is 1.68 bits per heavy atom. The molecule has 0 fully saturated rings. The summed E-state index contributed by atoms with van der Waals surface area (Å²) in [5.74, 6) is 0.773. The van der Waals surface area contributed by atoms with Crippen molar-refractivity contribution in [1.29, 1.82) is 0 Å². The van der Waals surface area contributed by atoms with E-state index in [-0.39, 0.29) is 5.41 Å². The second kappa shape index (κ2) is 5.51. The van der Waals surface area contributed by atoms with E-state index in [9.17, 15) is 0 Å². The maximum atomic E-state index is 6.08. The van der Waals surface area contributed by atoms with E-state index in [0.717, 1.165) is 15.7 Å². The first kappa shape index (κ1) is 14.4. The monoisotopic (exact) mass is 292 g/mol. The molecule has 0 aliphatic rings. The van der Waals surface area contributed by atoms with Gasteiger partial charge in [0.2, 0.25) is 0 Å². The number of benzene rings is 1. The van der Waals surface area contributed by atoms with Crippen LogP contribution in [0.5, 0.6) is 0 Å².